The smallest absolute Gasteiger partial charge is 0.328 e. The lowest BCUT2D eigenvalue weighted by molar-refractivity contribution is -0.131. The van der Waals surface area contributed by atoms with E-state index in [1.54, 1.807) is 10.3 Å². The molecule has 10 nitrogen and oxygen atoms in total. The third-order valence-electron chi connectivity index (χ3n) is 2.15. The minimum Gasteiger partial charge on any atom is -0.478 e. The molecule has 120 valence electrons. The summed E-state index contributed by atoms with van der Waals surface area (Å²) in [7, 11) is -8.11. The Morgan fingerprint density at radius 2 is 1.50 bits per heavy atom. The molecule has 0 aliphatic rings. The average molecular weight is 349 g/mol. The maximum atomic E-state index is 11.8. The van der Waals surface area contributed by atoms with Crippen molar-refractivity contribution in [1.82, 2.24) is 10.3 Å². The van der Waals surface area contributed by atoms with Crippen molar-refractivity contribution in [3.05, 3.63) is 36.4 Å². The van der Waals surface area contributed by atoms with Crippen molar-refractivity contribution in [1.29, 1.82) is 0 Å². The second-order valence-electron chi connectivity index (χ2n) is 3.78. The van der Waals surface area contributed by atoms with Gasteiger partial charge in [0, 0.05) is 12.2 Å². The molecule has 0 aliphatic carbocycles. The van der Waals surface area contributed by atoms with Crippen LogP contribution < -0.4 is 15.4 Å². The maximum Gasteiger partial charge on any atom is 0.328 e. The van der Waals surface area contributed by atoms with Crippen LogP contribution in [0.25, 0.3) is 0 Å². The molecule has 0 unspecified atom stereocenters. The molecule has 0 aromatic heterocycles. The summed E-state index contributed by atoms with van der Waals surface area (Å²) in [5.41, 5.74) is 1.75. The highest BCUT2D eigenvalue weighted by molar-refractivity contribution is 7.89. The predicted octanol–water partition coefficient (Wildman–Crippen LogP) is -1.72. The Morgan fingerprint density at radius 1 is 1.00 bits per heavy atom. The van der Waals surface area contributed by atoms with Crippen LogP contribution in [0.5, 0.6) is 0 Å². The van der Waals surface area contributed by atoms with Crippen molar-refractivity contribution in [2.24, 2.45) is 5.14 Å². The van der Waals surface area contributed by atoms with E-state index in [0.717, 1.165) is 24.3 Å². The van der Waals surface area contributed by atoms with Gasteiger partial charge in [-0.25, -0.2) is 26.8 Å². The Hall–Kier alpha value is -2.28. The van der Waals surface area contributed by atoms with E-state index in [-0.39, 0.29) is 9.79 Å². The standard InChI is InChI=1S/C10H11N3O7S2/c11-21(17,18)7-1-3-8(4-2-7)22(19,20)13-12-9(14)5-6-10(15)16/h1-6,13H,(H,12,14)(H,15,16)(H2,11,17,18)/b6-5+. The predicted molar refractivity (Wildman–Crippen MR) is 73.1 cm³/mol. The fourth-order valence-corrected chi connectivity index (χ4v) is 2.54. The molecule has 0 radical (unpaired) electrons. The van der Waals surface area contributed by atoms with E-state index >= 15 is 0 Å². The SMILES string of the molecule is NS(=O)(=O)c1ccc(S(=O)(=O)NNC(=O)/C=C/C(=O)O)cc1. The van der Waals surface area contributed by atoms with Crippen molar-refractivity contribution in [3.63, 3.8) is 0 Å². The zero-order chi connectivity index (χ0) is 17.0. The largest absolute Gasteiger partial charge is 0.478 e. The summed E-state index contributed by atoms with van der Waals surface area (Å²) in [6, 6.07) is 3.91. The minimum absolute atomic E-state index is 0.278. The first-order valence-corrected chi connectivity index (χ1v) is 8.41. The van der Waals surface area contributed by atoms with Crippen LogP contribution in [0.4, 0.5) is 0 Å². The number of nitrogens with two attached hydrogens (primary N) is 1. The van der Waals surface area contributed by atoms with Gasteiger partial charge >= 0.3 is 5.97 Å². The summed E-state index contributed by atoms with van der Waals surface area (Å²) < 4.78 is 45.6. The lowest BCUT2D eigenvalue weighted by Crippen LogP contribution is -2.40. The molecule has 0 saturated heterocycles. The summed E-state index contributed by atoms with van der Waals surface area (Å²) in [4.78, 5) is 22.4. The monoisotopic (exact) mass is 349 g/mol. The average Bonchev–Trinajstić information content (AvgIpc) is 2.42. The summed E-state index contributed by atoms with van der Waals surface area (Å²) in [5, 5.41) is 13.2. The number of hydrazine groups is 1. The number of carboxylic acid groups (broad SMARTS) is 1. The van der Waals surface area contributed by atoms with E-state index < -0.39 is 31.9 Å². The number of carbonyl (C=O) groups excluding carboxylic acids is 1. The van der Waals surface area contributed by atoms with E-state index in [4.69, 9.17) is 10.2 Å². The maximum absolute atomic E-state index is 11.8. The first-order chi connectivity index (χ1) is 10.0. The topological polar surface area (TPSA) is 173 Å². The molecule has 12 heteroatoms. The van der Waals surface area contributed by atoms with E-state index in [2.05, 4.69) is 0 Å². The number of primary sulfonamides is 1. The summed E-state index contributed by atoms with van der Waals surface area (Å²) in [6.07, 6.45) is 1.12. The summed E-state index contributed by atoms with van der Waals surface area (Å²) in [5.74, 6) is -2.39. The third kappa shape index (κ3) is 5.25. The zero-order valence-electron chi connectivity index (χ0n) is 10.8. The normalized spacial score (nSPS) is 12.2. The molecule has 0 aliphatic heterocycles. The lowest BCUT2D eigenvalue weighted by atomic mass is 10.4. The Balaban J connectivity index is 2.83. The quantitative estimate of drug-likeness (QED) is 0.349. The van der Waals surface area contributed by atoms with Gasteiger partial charge in [0.25, 0.3) is 15.9 Å². The van der Waals surface area contributed by atoms with Gasteiger partial charge in [-0.15, -0.1) is 4.83 Å². The molecule has 0 heterocycles. The summed E-state index contributed by atoms with van der Waals surface area (Å²) in [6.45, 7) is 0. The van der Waals surface area contributed by atoms with Crippen LogP contribution in [0.2, 0.25) is 0 Å². The number of benzene rings is 1. The molecule has 5 N–H and O–H groups in total. The zero-order valence-corrected chi connectivity index (χ0v) is 12.4. The first kappa shape index (κ1) is 17.8. The van der Waals surface area contributed by atoms with Crippen molar-refractivity contribution in [3.8, 4) is 0 Å². The molecule has 0 bridgehead atoms. The fourth-order valence-electron chi connectivity index (χ4n) is 1.17. The van der Waals surface area contributed by atoms with Crippen molar-refractivity contribution >= 4 is 31.9 Å². The van der Waals surface area contributed by atoms with Crippen LogP contribution in [0.15, 0.2) is 46.2 Å². The molecule has 0 spiro atoms. The van der Waals surface area contributed by atoms with Gasteiger partial charge in [0.1, 0.15) is 0 Å². The van der Waals surface area contributed by atoms with Crippen LogP contribution in [0.1, 0.15) is 0 Å². The molecule has 0 atom stereocenters. The van der Waals surface area contributed by atoms with Gasteiger partial charge in [-0.05, 0) is 24.3 Å². The molecule has 0 saturated carbocycles. The number of carboxylic acids is 1. The Morgan fingerprint density at radius 3 is 1.95 bits per heavy atom. The van der Waals surface area contributed by atoms with E-state index in [9.17, 15) is 26.4 Å². The fraction of sp³-hybridized carbons (Fsp3) is 0. The van der Waals surface area contributed by atoms with Crippen LogP contribution >= 0.6 is 0 Å². The molecular formula is C10H11N3O7S2. The van der Waals surface area contributed by atoms with Gasteiger partial charge in [-0.1, -0.05) is 0 Å². The van der Waals surface area contributed by atoms with Gasteiger partial charge < -0.3 is 5.11 Å². The van der Waals surface area contributed by atoms with Gasteiger partial charge in [0.05, 0.1) is 9.79 Å². The number of rotatable bonds is 6. The number of amides is 1. The van der Waals surface area contributed by atoms with Crippen LogP contribution in [-0.4, -0.2) is 33.8 Å². The van der Waals surface area contributed by atoms with Gasteiger partial charge in [0.2, 0.25) is 10.0 Å². The highest BCUT2D eigenvalue weighted by Gasteiger charge is 2.16. The molecule has 1 amide bonds. The lowest BCUT2D eigenvalue weighted by Gasteiger charge is -2.07. The first-order valence-electron chi connectivity index (χ1n) is 5.38. The molecule has 1 aromatic rings. The van der Waals surface area contributed by atoms with Gasteiger partial charge in [0.15, 0.2) is 0 Å². The van der Waals surface area contributed by atoms with E-state index in [1.165, 1.54) is 0 Å². The molecule has 1 rings (SSSR count). The highest BCUT2D eigenvalue weighted by atomic mass is 32.2. The van der Waals surface area contributed by atoms with Crippen LogP contribution in [0.3, 0.4) is 0 Å². The number of nitrogens with one attached hydrogen (secondary N) is 2. The van der Waals surface area contributed by atoms with Gasteiger partial charge in [-0.2, -0.15) is 0 Å². The number of sulfonamides is 2. The van der Waals surface area contributed by atoms with E-state index in [0.29, 0.717) is 12.2 Å². The Bertz CT molecular complexity index is 811. The second kappa shape index (κ2) is 6.65. The molecule has 0 fully saturated rings. The second-order valence-corrected chi connectivity index (χ2v) is 7.03. The van der Waals surface area contributed by atoms with E-state index in [1.807, 2.05) is 0 Å². The highest BCUT2D eigenvalue weighted by Crippen LogP contribution is 2.12. The Kier molecular flexibility index (Phi) is 5.38. The number of hydrogen-bond acceptors (Lipinski definition) is 6. The van der Waals surface area contributed by atoms with Crippen LogP contribution in [0, 0.1) is 0 Å². The number of hydrogen-bond donors (Lipinski definition) is 4. The molecule has 22 heavy (non-hydrogen) atoms. The number of aliphatic carboxylic acids is 1. The third-order valence-corrected chi connectivity index (χ3v) is 4.34. The summed E-state index contributed by atoms with van der Waals surface area (Å²) >= 11 is 0. The van der Waals surface area contributed by atoms with Crippen LogP contribution in [-0.2, 0) is 29.6 Å². The van der Waals surface area contributed by atoms with Crippen molar-refractivity contribution < 1.29 is 31.5 Å². The molecular weight excluding hydrogens is 338 g/mol. The van der Waals surface area contributed by atoms with Gasteiger partial charge in [-0.3, -0.25) is 10.2 Å². The number of carbonyl (C=O) groups is 2. The minimum atomic E-state index is -4.16. The Labute approximate surface area is 125 Å². The molecule has 1 aromatic carbocycles. The van der Waals surface area contributed by atoms with Crippen molar-refractivity contribution in [2.45, 2.75) is 9.79 Å². The van der Waals surface area contributed by atoms with Crippen molar-refractivity contribution in [2.75, 3.05) is 0 Å².